The third kappa shape index (κ3) is 3.99. The van der Waals surface area contributed by atoms with Crippen LogP contribution in [0.25, 0.3) is 17.0 Å². The maximum atomic E-state index is 12.8. The highest BCUT2D eigenvalue weighted by Gasteiger charge is 2.17. The number of furan rings is 1. The van der Waals surface area contributed by atoms with Gasteiger partial charge in [-0.25, -0.2) is 4.79 Å². The monoisotopic (exact) mass is 443 g/mol. The molecule has 2 aromatic heterocycles. The molecular weight excluding hydrogens is 426 g/mol. The van der Waals surface area contributed by atoms with Crippen molar-refractivity contribution in [2.75, 3.05) is 6.61 Å². The minimum absolute atomic E-state index is 0.0447. The lowest BCUT2D eigenvalue weighted by Gasteiger charge is -2.11. The van der Waals surface area contributed by atoms with Gasteiger partial charge in [0.05, 0.1) is 12.1 Å². The van der Waals surface area contributed by atoms with Crippen LogP contribution in [0.3, 0.4) is 0 Å². The number of allylic oxidation sites excluding steroid dienone is 1. The molecule has 3 aromatic rings. The second kappa shape index (κ2) is 8.39. The summed E-state index contributed by atoms with van der Waals surface area (Å²) in [5, 5.41) is 0.299. The maximum absolute atomic E-state index is 12.8. The molecule has 144 valence electrons. The van der Waals surface area contributed by atoms with Crippen molar-refractivity contribution in [1.82, 2.24) is 4.57 Å². The molecule has 0 atom stereocenters. The zero-order valence-corrected chi connectivity index (χ0v) is 17.0. The molecule has 28 heavy (non-hydrogen) atoms. The van der Waals surface area contributed by atoms with Crippen molar-refractivity contribution in [3.8, 4) is 0 Å². The number of fused-ring (bicyclic) bond motifs is 1. The summed E-state index contributed by atoms with van der Waals surface area (Å²) in [5.41, 5.74) is 0.495. The number of carbonyl (C=O) groups excluding carboxylic acids is 2. The van der Waals surface area contributed by atoms with E-state index in [0.29, 0.717) is 33.4 Å². The number of hydrogen-bond donors (Lipinski definition) is 0. The Morgan fingerprint density at radius 3 is 2.64 bits per heavy atom. The Morgan fingerprint density at radius 1 is 1.21 bits per heavy atom. The lowest BCUT2D eigenvalue weighted by molar-refractivity contribution is 0.0524. The van der Waals surface area contributed by atoms with E-state index in [4.69, 9.17) is 9.15 Å². The number of pyridine rings is 1. The van der Waals surface area contributed by atoms with E-state index in [1.165, 1.54) is 18.3 Å². The molecule has 3 rings (SSSR count). The van der Waals surface area contributed by atoms with Gasteiger partial charge >= 0.3 is 5.97 Å². The fourth-order valence-corrected chi connectivity index (χ4v) is 3.16. The number of esters is 1. The van der Waals surface area contributed by atoms with E-state index in [1.54, 1.807) is 41.8 Å². The van der Waals surface area contributed by atoms with Gasteiger partial charge < -0.3 is 13.7 Å². The third-order valence-corrected chi connectivity index (χ3v) is 4.62. The van der Waals surface area contributed by atoms with E-state index in [9.17, 15) is 14.4 Å². The summed E-state index contributed by atoms with van der Waals surface area (Å²) in [7, 11) is 0. The quantitative estimate of drug-likeness (QED) is 0.319. The first-order valence-corrected chi connectivity index (χ1v) is 9.56. The Hall–Kier alpha value is -2.93. The van der Waals surface area contributed by atoms with Crippen molar-refractivity contribution in [3.05, 3.63) is 74.4 Å². The van der Waals surface area contributed by atoms with E-state index >= 15 is 0 Å². The van der Waals surface area contributed by atoms with E-state index in [0.717, 1.165) is 0 Å². The van der Waals surface area contributed by atoms with Gasteiger partial charge in [-0.15, -0.1) is 0 Å². The molecule has 0 aliphatic carbocycles. The molecular formula is C21H18BrNO5. The average molecular weight is 444 g/mol. The van der Waals surface area contributed by atoms with Crippen molar-refractivity contribution in [1.29, 1.82) is 0 Å². The number of aromatic nitrogens is 1. The van der Waals surface area contributed by atoms with Crippen molar-refractivity contribution in [3.63, 3.8) is 0 Å². The van der Waals surface area contributed by atoms with Gasteiger partial charge in [-0.2, -0.15) is 0 Å². The second-order valence-electron chi connectivity index (χ2n) is 5.95. The molecule has 0 saturated heterocycles. The van der Waals surface area contributed by atoms with Gasteiger partial charge in [-0.05, 0) is 72.3 Å². The van der Waals surface area contributed by atoms with Gasteiger partial charge in [0.1, 0.15) is 11.3 Å². The second-order valence-corrected chi connectivity index (χ2v) is 6.73. The number of carbonyl (C=O) groups is 2. The molecule has 1 aromatic carbocycles. The molecule has 0 bridgehead atoms. The first-order valence-electron chi connectivity index (χ1n) is 8.76. The Labute approximate surface area is 169 Å². The molecule has 0 saturated carbocycles. The van der Waals surface area contributed by atoms with Crippen LogP contribution in [0.2, 0.25) is 0 Å². The molecule has 0 spiro atoms. The van der Waals surface area contributed by atoms with Crippen molar-refractivity contribution >= 4 is 44.7 Å². The van der Waals surface area contributed by atoms with Gasteiger partial charge in [-0.3, -0.25) is 9.59 Å². The smallest absolute Gasteiger partial charge is 0.343 e. The van der Waals surface area contributed by atoms with Crippen LogP contribution in [0.4, 0.5) is 0 Å². The summed E-state index contributed by atoms with van der Waals surface area (Å²) in [5.74, 6) is -0.422. The van der Waals surface area contributed by atoms with Crippen LogP contribution in [-0.4, -0.2) is 22.9 Å². The highest BCUT2D eigenvalue weighted by atomic mass is 79.9. The predicted octanol–water partition coefficient (Wildman–Crippen LogP) is 4.45. The topological polar surface area (TPSA) is 78.5 Å². The average Bonchev–Trinajstić information content (AvgIpc) is 3.11. The molecule has 0 unspecified atom stereocenters. The highest BCUT2D eigenvalue weighted by molar-refractivity contribution is 9.10. The van der Waals surface area contributed by atoms with Crippen molar-refractivity contribution in [2.24, 2.45) is 0 Å². The Bertz CT molecular complexity index is 1140. The fourth-order valence-electron chi connectivity index (χ4n) is 2.84. The summed E-state index contributed by atoms with van der Waals surface area (Å²) in [6, 6.07) is 8.32. The zero-order chi connectivity index (χ0) is 20.3. The molecule has 0 radical (unpaired) electrons. The molecule has 7 heteroatoms. The number of hydrogen-bond acceptors (Lipinski definition) is 5. The third-order valence-electron chi connectivity index (χ3n) is 4.19. The standard InChI is InChI=1S/C21H18BrNO5/c1-3-23-12-16(21(26)27-4-2)20(25)15-11-13(5-8-17(15)23)18(24)9-6-14-7-10-19(22)28-14/h5-12H,3-4H2,1-2H3/b9-6+. The Balaban J connectivity index is 2.05. The van der Waals surface area contributed by atoms with E-state index in [-0.39, 0.29) is 18.0 Å². The largest absolute Gasteiger partial charge is 0.462 e. The molecule has 0 fully saturated rings. The zero-order valence-electron chi connectivity index (χ0n) is 15.4. The Kier molecular flexibility index (Phi) is 5.94. The predicted molar refractivity (Wildman–Crippen MR) is 110 cm³/mol. The summed E-state index contributed by atoms with van der Waals surface area (Å²) < 4.78 is 12.7. The van der Waals surface area contributed by atoms with E-state index < -0.39 is 11.4 Å². The SMILES string of the molecule is CCOC(=O)c1cn(CC)c2ccc(C(=O)/C=C/c3ccc(Br)o3)cc2c1=O. The van der Waals surface area contributed by atoms with Crippen LogP contribution in [-0.2, 0) is 11.3 Å². The number of rotatable bonds is 6. The summed E-state index contributed by atoms with van der Waals surface area (Å²) in [4.78, 5) is 37.5. The molecule has 0 aliphatic rings. The number of benzene rings is 1. The van der Waals surface area contributed by atoms with Crippen molar-refractivity contribution in [2.45, 2.75) is 20.4 Å². The van der Waals surface area contributed by atoms with Gasteiger partial charge in [0.15, 0.2) is 10.5 Å². The normalized spacial score (nSPS) is 11.2. The molecule has 2 heterocycles. The molecule has 6 nitrogen and oxygen atoms in total. The minimum Gasteiger partial charge on any atom is -0.462 e. The summed E-state index contributed by atoms with van der Waals surface area (Å²) in [6.45, 7) is 4.32. The minimum atomic E-state index is -0.670. The van der Waals surface area contributed by atoms with Gasteiger partial charge in [0, 0.05) is 23.7 Å². The van der Waals surface area contributed by atoms with E-state index in [1.807, 2.05) is 6.92 Å². The van der Waals surface area contributed by atoms with Crippen LogP contribution in [0.1, 0.15) is 40.3 Å². The van der Waals surface area contributed by atoms with Crippen LogP contribution >= 0.6 is 15.9 Å². The number of aryl methyl sites for hydroxylation is 1. The van der Waals surface area contributed by atoms with E-state index in [2.05, 4.69) is 15.9 Å². The summed E-state index contributed by atoms with van der Waals surface area (Å²) in [6.07, 6.45) is 4.43. The van der Waals surface area contributed by atoms with Crippen LogP contribution in [0, 0.1) is 0 Å². The Morgan fingerprint density at radius 2 is 2.00 bits per heavy atom. The lowest BCUT2D eigenvalue weighted by atomic mass is 10.0. The first-order chi connectivity index (χ1) is 13.4. The van der Waals surface area contributed by atoms with Gasteiger partial charge in [-0.1, -0.05) is 0 Å². The fraction of sp³-hybridized carbons (Fsp3) is 0.190. The van der Waals surface area contributed by atoms with Crippen LogP contribution in [0.5, 0.6) is 0 Å². The van der Waals surface area contributed by atoms with Crippen LogP contribution in [0.15, 0.2) is 56.5 Å². The molecule has 0 aliphatic heterocycles. The van der Waals surface area contributed by atoms with Crippen LogP contribution < -0.4 is 5.43 Å². The maximum Gasteiger partial charge on any atom is 0.343 e. The highest BCUT2D eigenvalue weighted by Crippen LogP contribution is 2.18. The number of halogens is 1. The molecule has 0 amide bonds. The lowest BCUT2D eigenvalue weighted by Crippen LogP contribution is -2.21. The van der Waals surface area contributed by atoms with Crippen molar-refractivity contribution < 1.29 is 18.7 Å². The first kappa shape index (κ1) is 19.8. The molecule has 0 N–H and O–H groups in total. The number of nitrogens with zero attached hydrogens (tertiary/aromatic N) is 1. The summed E-state index contributed by atoms with van der Waals surface area (Å²) >= 11 is 3.20. The number of ether oxygens (including phenoxy) is 1. The van der Waals surface area contributed by atoms with Gasteiger partial charge in [0.25, 0.3) is 0 Å². The number of ketones is 1. The van der Waals surface area contributed by atoms with Gasteiger partial charge in [0.2, 0.25) is 5.43 Å².